The molecule has 0 rings (SSSR count). The lowest BCUT2D eigenvalue weighted by molar-refractivity contribution is -0.186. The second-order valence-corrected chi connectivity index (χ2v) is 2.99. The molecular weight excluding hydrogens is 232 g/mol. The number of carbonyl (C=O) groups excluding carboxylic acids is 2. The first-order chi connectivity index (χ1) is 7.92. The van der Waals surface area contributed by atoms with Crippen LogP contribution in [0.15, 0.2) is 24.5 Å². The molecule has 2 unspecified atom stereocenters. The molecule has 7 heteroatoms. The predicted octanol–water partition coefficient (Wildman–Crippen LogP) is -1.17. The summed E-state index contributed by atoms with van der Waals surface area (Å²) in [7, 11) is 0. The zero-order valence-corrected chi connectivity index (χ0v) is 9.20. The largest absolute Gasteiger partial charge is 0.431 e. The molecule has 3 N–H and O–H groups in total. The second kappa shape index (κ2) is 7.55. The smallest absolute Gasteiger partial charge is 0.339 e. The van der Waals surface area contributed by atoms with E-state index < -0.39 is 30.9 Å². The minimum atomic E-state index is -1.86. The lowest BCUT2D eigenvalue weighted by Crippen LogP contribution is -2.33. The quantitative estimate of drug-likeness (QED) is 0.234. The van der Waals surface area contributed by atoms with E-state index in [0.29, 0.717) is 0 Å². The van der Waals surface area contributed by atoms with Crippen LogP contribution >= 0.6 is 0 Å². The third-order valence-electron chi connectivity index (χ3n) is 1.58. The van der Waals surface area contributed by atoms with E-state index in [4.69, 9.17) is 15.3 Å². The Hall–Kier alpha value is -1.70. The average molecular weight is 246 g/mol. The summed E-state index contributed by atoms with van der Waals surface area (Å²) in [6.07, 6.45) is -1.72. The standard InChI is InChI=1S/C10H14O7/c1-3-8(13)16-5-6(2)9(14)17-10(15)7(12)4-11/h3,5,7,10-12,15H,1,4H2,2H3/b6-5+. The number of aliphatic hydroxyl groups is 3. The lowest BCUT2D eigenvalue weighted by atomic mass is 10.3. The Morgan fingerprint density at radius 2 is 2.00 bits per heavy atom. The highest BCUT2D eigenvalue weighted by Gasteiger charge is 2.20. The van der Waals surface area contributed by atoms with Gasteiger partial charge in [0.15, 0.2) is 0 Å². The van der Waals surface area contributed by atoms with Crippen molar-refractivity contribution in [1.82, 2.24) is 0 Å². The SMILES string of the molecule is C=CC(=O)O/C=C(\C)C(=O)OC(O)C(O)CO. The number of carbonyl (C=O) groups is 2. The van der Waals surface area contributed by atoms with Crippen LogP contribution in [0.5, 0.6) is 0 Å². The van der Waals surface area contributed by atoms with Crippen LogP contribution in [-0.2, 0) is 19.1 Å². The maximum atomic E-state index is 11.2. The Labute approximate surface area is 97.6 Å². The van der Waals surface area contributed by atoms with Gasteiger partial charge in [0.1, 0.15) is 12.4 Å². The van der Waals surface area contributed by atoms with E-state index in [0.717, 1.165) is 12.3 Å². The summed E-state index contributed by atoms with van der Waals surface area (Å²) in [6.45, 7) is 3.66. The Morgan fingerprint density at radius 3 is 2.47 bits per heavy atom. The molecule has 0 aromatic rings. The molecule has 96 valence electrons. The van der Waals surface area contributed by atoms with Gasteiger partial charge in [-0.25, -0.2) is 9.59 Å². The zero-order valence-electron chi connectivity index (χ0n) is 9.20. The van der Waals surface area contributed by atoms with Gasteiger partial charge in [-0.2, -0.15) is 0 Å². The predicted molar refractivity (Wildman–Crippen MR) is 55.2 cm³/mol. The molecule has 0 heterocycles. The van der Waals surface area contributed by atoms with Gasteiger partial charge in [-0.05, 0) is 6.92 Å². The summed E-state index contributed by atoms with van der Waals surface area (Å²) in [4.78, 5) is 21.9. The first kappa shape index (κ1) is 15.3. The van der Waals surface area contributed by atoms with Crippen molar-refractivity contribution in [2.75, 3.05) is 6.61 Å². The van der Waals surface area contributed by atoms with Crippen LogP contribution in [0.2, 0.25) is 0 Å². The molecule has 2 atom stereocenters. The first-order valence-electron chi connectivity index (χ1n) is 4.60. The van der Waals surface area contributed by atoms with Gasteiger partial charge >= 0.3 is 11.9 Å². The van der Waals surface area contributed by atoms with Gasteiger partial charge in [0.05, 0.1) is 12.2 Å². The number of hydrogen-bond donors (Lipinski definition) is 3. The van der Waals surface area contributed by atoms with Gasteiger partial charge in [0, 0.05) is 6.08 Å². The summed E-state index contributed by atoms with van der Waals surface area (Å²) < 4.78 is 8.78. The summed E-state index contributed by atoms with van der Waals surface area (Å²) in [5.41, 5.74) is -0.107. The van der Waals surface area contributed by atoms with Crippen LogP contribution in [0, 0.1) is 0 Å². The Balaban J connectivity index is 4.31. The van der Waals surface area contributed by atoms with Crippen LogP contribution < -0.4 is 0 Å². The summed E-state index contributed by atoms with van der Waals surface area (Å²) in [5, 5.41) is 26.4. The normalized spacial score (nSPS) is 14.7. The second-order valence-electron chi connectivity index (χ2n) is 2.99. The van der Waals surface area contributed by atoms with Gasteiger partial charge < -0.3 is 24.8 Å². The van der Waals surface area contributed by atoms with Crippen LogP contribution in [-0.4, -0.2) is 46.3 Å². The van der Waals surface area contributed by atoms with E-state index in [1.165, 1.54) is 6.92 Å². The maximum absolute atomic E-state index is 11.2. The molecular formula is C10H14O7. The highest BCUT2D eigenvalue weighted by Crippen LogP contribution is 2.03. The van der Waals surface area contributed by atoms with Gasteiger partial charge in [0.2, 0.25) is 6.29 Å². The highest BCUT2D eigenvalue weighted by molar-refractivity contribution is 5.88. The molecule has 0 fully saturated rings. The topological polar surface area (TPSA) is 113 Å². The monoisotopic (exact) mass is 246 g/mol. The third kappa shape index (κ3) is 5.81. The van der Waals surface area contributed by atoms with E-state index >= 15 is 0 Å². The Morgan fingerprint density at radius 1 is 1.41 bits per heavy atom. The van der Waals surface area contributed by atoms with Crippen molar-refractivity contribution in [3.8, 4) is 0 Å². The van der Waals surface area contributed by atoms with E-state index in [2.05, 4.69) is 16.1 Å². The number of rotatable bonds is 6. The molecule has 0 aromatic heterocycles. The van der Waals surface area contributed by atoms with E-state index in [9.17, 15) is 9.59 Å². The van der Waals surface area contributed by atoms with Crippen molar-refractivity contribution >= 4 is 11.9 Å². The number of aliphatic hydroxyl groups excluding tert-OH is 3. The number of esters is 2. The molecule has 0 aromatic carbocycles. The van der Waals surface area contributed by atoms with Gasteiger partial charge in [-0.3, -0.25) is 0 Å². The van der Waals surface area contributed by atoms with Crippen LogP contribution in [0.1, 0.15) is 6.92 Å². The van der Waals surface area contributed by atoms with Crippen LogP contribution in [0.3, 0.4) is 0 Å². The summed E-state index contributed by atoms with van der Waals surface area (Å²) >= 11 is 0. The van der Waals surface area contributed by atoms with Crippen molar-refractivity contribution in [3.05, 3.63) is 24.5 Å². The highest BCUT2D eigenvalue weighted by atomic mass is 16.6. The Bertz CT molecular complexity index is 321. The molecule has 0 aliphatic heterocycles. The molecule has 17 heavy (non-hydrogen) atoms. The molecule has 0 saturated heterocycles. The van der Waals surface area contributed by atoms with Gasteiger partial charge in [0.25, 0.3) is 0 Å². The first-order valence-corrected chi connectivity index (χ1v) is 4.60. The molecule has 0 amide bonds. The molecule has 0 aliphatic carbocycles. The summed E-state index contributed by atoms with van der Waals surface area (Å²) in [5.74, 6) is -1.75. The summed E-state index contributed by atoms with van der Waals surface area (Å²) in [6, 6.07) is 0. The fraction of sp³-hybridized carbons (Fsp3) is 0.400. The van der Waals surface area contributed by atoms with E-state index in [1.807, 2.05) is 0 Å². The van der Waals surface area contributed by atoms with Crippen molar-refractivity contribution in [2.24, 2.45) is 0 Å². The minimum Gasteiger partial charge on any atom is -0.431 e. The van der Waals surface area contributed by atoms with Crippen molar-refractivity contribution in [1.29, 1.82) is 0 Å². The van der Waals surface area contributed by atoms with Crippen molar-refractivity contribution in [2.45, 2.75) is 19.3 Å². The molecule has 0 saturated carbocycles. The van der Waals surface area contributed by atoms with Crippen molar-refractivity contribution in [3.63, 3.8) is 0 Å². The number of ether oxygens (including phenoxy) is 2. The van der Waals surface area contributed by atoms with Crippen LogP contribution in [0.25, 0.3) is 0 Å². The lowest BCUT2D eigenvalue weighted by Gasteiger charge is -2.15. The van der Waals surface area contributed by atoms with Gasteiger partial charge in [-0.15, -0.1) is 0 Å². The van der Waals surface area contributed by atoms with E-state index in [1.54, 1.807) is 0 Å². The van der Waals surface area contributed by atoms with Crippen LogP contribution in [0.4, 0.5) is 0 Å². The molecule has 0 aliphatic rings. The van der Waals surface area contributed by atoms with E-state index in [-0.39, 0.29) is 5.57 Å². The Kier molecular flexibility index (Phi) is 6.80. The molecule has 7 nitrogen and oxygen atoms in total. The molecule has 0 radical (unpaired) electrons. The zero-order chi connectivity index (χ0) is 13.4. The van der Waals surface area contributed by atoms with Gasteiger partial charge in [-0.1, -0.05) is 6.58 Å². The number of hydrogen-bond acceptors (Lipinski definition) is 7. The maximum Gasteiger partial charge on any atom is 0.339 e. The average Bonchev–Trinajstić information content (AvgIpc) is 2.33. The van der Waals surface area contributed by atoms with Crippen molar-refractivity contribution < 1.29 is 34.4 Å². The molecule has 0 bridgehead atoms. The third-order valence-corrected chi connectivity index (χ3v) is 1.58. The molecule has 0 spiro atoms. The minimum absolute atomic E-state index is 0.107. The fourth-order valence-electron chi connectivity index (χ4n) is 0.614. The fourth-order valence-corrected chi connectivity index (χ4v) is 0.614.